The molecule has 4 rings (SSSR count). The van der Waals surface area contributed by atoms with Crippen molar-refractivity contribution in [3.8, 4) is 0 Å². The summed E-state index contributed by atoms with van der Waals surface area (Å²) in [4.78, 5) is 5.39. The molecule has 0 amide bonds. The number of hydrogen-bond acceptors (Lipinski definition) is 6. The number of para-hydroxylation sites is 1. The molecule has 36 heavy (non-hydrogen) atoms. The largest absolute Gasteiger partial charge is 0.511 e. The lowest BCUT2D eigenvalue weighted by atomic mass is 10.0. The summed E-state index contributed by atoms with van der Waals surface area (Å²) in [6.45, 7) is -0.482. The number of anilines is 2. The summed E-state index contributed by atoms with van der Waals surface area (Å²) in [5.41, 5.74) is 3.89. The molecule has 0 fully saturated rings. The third-order valence-electron chi connectivity index (χ3n) is 6.36. The van der Waals surface area contributed by atoms with Gasteiger partial charge in [0.15, 0.2) is 0 Å². The van der Waals surface area contributed by atoms with Crippen molar-refractivity contribution < 1.29 is 21.6 Å². The molecule has 2 heterocycles. The molecule has 1 unspecified atom stereocenters. The van der Waals surface area contributed by atoms with E-state index in [1.807, 2.05) is 41.3 Å². The van der Waals surface area contributed by atoms with Gasteiger partial charge in [-0.15, -0.1) is 11.8 Å². The Kier molecular flexibility index (Phi) is 7.53. The first kappa shape index (κ1) is 26.3. The minimum absolute atomic E-state index is 0.248. The van der Waals surface area contributed by atoms with Crippen LogP contribution < -0.4 is 10.6 Å². The molecule has 2 aromatic carbocycles. The molecule has 3 aromatic rings. The maximum atomic E-state index is 13.7. The van der Waals surface area contributed by atoms with Gasteiger partial charge in [-0.3, -0.25) is 4.98 Å². The number of thioether (sulfide) groups is 1. The van der Waals surface area contributed by atoms with Gasteiger partial charge in [-0.1, -0.05) is 48.5 Å². The number of benzene rings is 2. The highest BCUT2D eigenvalue weighted by atomic mass is 32.2. The van der Waals surface area contributed by atoms with Crippen molar-refractivity contribution in [3.63, 3.8) is 0 Å². The van der Waals surface area contributed by atoms with Crippen LogP contribution >= 0.6 is 11.8 Å². The second-order valence-corrected chi connectivity index (χ2v) is 11.7. The van der Waals surface area contributed by atoms with E-state index in [0.717, 1.165) is 5.56 Å². The first-order valence-corrected chi connectivity index (χ1v) is 13.9. The average Bonchev–Trinajstić information content (AvgIpc) is 2.98. The van der Waals surface area contributed by atoms with Crippen LogP contribution in [0.5, 0.6) is 0 Å². The van der Waals surface area contributed by atoms with Gasteiger partial charge in [-0.2, -0.15) is 17.5 Å². The molecule has 0 saturated heterocycles. The number of nitrogens with two attached hydrogens (primary N) is 1. The standard InChI is InChI=1S/C25H27F3N4O2S2/c1-35-24(13-11-19-7-3-2-4-8-19)18-31(36(33,34)25(26,27)28)16-20-9-5-6-10-23(20)32(24)17-22-15-21(29)12-14-30-22/h2-10,12,14-15H,11,13,16-18H2,1H3,(H2,29,30). The summed E-state index contributed by atoms with van der Waals surface area (Å²) in [7, 11) is -5.57. The van der Waals surface area contributed by atoms with Gasteiger partial charge in [-0.05, 0) is 48.4 Å². The second kappa shape index (κ2) is 10.3. The molecule has 1 aliphatic rings. The zero-order valence-corrected chi connectivity index (χ0v) is 21.3. The summed E-state index contributed by atoms with van der Waals surface area (Å²) >= 11 is 1.34. The molecule has 0 saturated carbocycles. The zero-order chi connectivity index (χ0) is 26.0. The first-order chi connectivity index (χ1) is 17.1. The van der Waals surface area contributed by atoms with Gasteiger partial charge < -0.3 is 10.6 Å². The molecule has 0 bridgehead atoms. The van der Waals surface area contributed by atoms with Crippen LogP contribution in [0.2, 0.25) is 0 Å². The molecule has 11 heteroatoms. The summed E-state index contributed by atoms with van der Waals surface area (Å²) in [6.07, 6.45) is 4.33. The smallest absolute Gasteiger partial charge is 0.399 e. The Bertz CT molecular complexity index is 1310. The number of hydrogen-bond donors (Lipinski definition) is 1. The number of fused-ring (bicyclic) bond motifs is 1. The number of nitrogen functional groups attached to an aromatic ring is 1. The Morgan fingerprint density at radius 3 is 2.44 bits per heavy atom. The number of halogens is 3. The molecule has 6 nitrogen and oxygen atoms in total. The number of pyridine rings is 1. The molecule has 0 aliphatic carbocycles. The van der Waals surface area contributed by atoms with Crippen molar-refractivity contribution >= 4 is 33.2 Å². The fourth-order valence-electron chi connectivity index (χ4n) is 4.50. The van der Waals surface area contributed by atoms with Crippen molar-refractivity contribution in [2.24, 2.45) is 0 Å². The number of sulfonamides is 1. The molecule has 0 spiro atoms. The van der Waals surface area contributed by atoms with E-state index >= 15 is 0 Å². The lowest BCUT2D eigenvalue weighted by Gasteiger charge is -2.45. The summed E-state index contributed by atoms with van der Waals surface area (Å²) in [5, 5.41) is 0. The lowest BCUT2D eigenvalue weighted by molar-refractivity contribution is -0.0493. The normalized spacial score (nSPS) is 19.1. The fourth-order valence-corrected chi connectivity index (χ4v) is 6.54. The van der Waals surface area contributed by atoms with Crippen molar-refractivity contribution in [2.75, 3.05) is 23.4 Å². The van der Waals surface area contributed by atoms with E-state index in [2.05, 4.69) is 4.98 Å². The van der Waals surface area contributed by atoms with Gasteiger partial charge in [0.2, 0.25) is 0 Å². The van der Waals surface area contributed by atoms with E-state index < -0.39 is 20.4 Å². The minimum Gasteiger partial charge on any atom is -0.399 e. The fraction of sp³-hybridized carbons (Fsp3) is 0.320. The predicted octanol–water partition coefficient (Wildman–Crippen LogP) is 5.03. The van der Waals surface area contributed by atoms with Crippen molar-refractivity contribution in [2.45, 2.75) is 36.3 Å². The van der Waals surface area contributed by atoms with E-state index in [-0.39, 0.29) is 19.6 Å². The van der Waals surface area contributed by atoms with E-state index in [1.54, 1.807) is 42.8 Å². The molecule has 2 N–H and O–H groups in total. The van der Waals surface area contributed by atoms with Crippen molar-refractivity contribution in [3.05, 3.63) is 89.7 Å². The third kappa shape index (κ3) is 5.33. The Morgan fingerprint density at radius 2 is 1.78 bits per heavy atom. The van der Waals surface area contributed by atoms with Crippen LogP contribution in [0.25, 0.3) is 0 Å². The SMILES string of the molecule is CSC1(CCc2ccccc2)CN(S(=O)(=O)C(F)(F)F)Cc2ccccc2N1Cc1cc(N)ccn1. The van der Waals surface area contributed by atoms with Gasteiger partial charge in [0.25, 0.3) is 0 Å². The number of aryl methyl sites for hydroxylation is 1. The maximum absolute atomic E-state index is 13.7. The Labute approximate surface area is 213 Å². The van der Waals surface area contributed by atoms with Gasteiger partial charge in [0.05, 0.1) is 12.2 Å². The van der Waals surface area contributed by atoms with E-state index in [4.69, 9.17) is 5.73 Å². The predicted molar refractivity (Wildman–Crippen MR) is 138 cm³/mol. The van der Waals surface area contributed by atoms with E-state index in [1.165, 1.54) is 11.8 Å². The highest BCUT2D eigenvalue weighted by Gasteiger charge is 2.54. The summed E-state index contributed by atoms with van der Waals surface area (Å²) in [6, 6.07) is 20.0. The van der Waals surface area contributed by atoms with Gasteiger partial charge in [-0.25, -0.2) is 8.42 Å². The summed E-state index contributed by atoms with van der Waals surface area (Å²) < 4.78 is 67.2. The molecule has 0 radical (unpaired) electrons. The molecule has 1 aliphatic heterocycles. The van der Waals surface area contributed by atoms with Gasteiger partial charge in [0, 0.05) is 30.7 Å². The number of rotatable bonds is 7. The zero-order valence-electron chi connectivity index (χ0n) is 19.6. The van der Waals surface area contributed by atoms with E-state index in [0.29, 0.717) is 39.8 Å². The molecule has 1 aromatic heterocycles. The monoisotopic (exact) mass is 536 g/mol. The Balaban J connectivity index is 1.86. The second-order valence-electron chi connectivity index (χ2n) is 8.65. The highest BCUT2D eigenvalue weighted by molar-refractivity contribution is 8.00. The van der Waals surface area contributed by atoms with E-state index in [9.17, 15) is 21.6 Å². The molecule has 192 valence electrons. The van der Waals surface area contributed by atoms with Crippen molar-refractivity contribution in [1.29, 1.82) is 0 Å². The lowest BCUT2D eigenvalue weighted by Crippen LogP contribution is -2.54. The molecular weight excluding hydrogens is 509 g/mol. The van der Waals surface area contributed by atoms with Gasteiger partial charge >= 0.3 is 15.5 Å². The summed E-state index contributed by atoms with van der Waals surface area (Å²) in [5.74, 6) is 0. The van der Waals surface area contributed by atoms with Gasteiger partial charge in [0.1, 0.15) is 4.87 Å². The maximum Gasteiger partial charge on any atom is 0.511 e. The molecule has 1 atom stereocenters. The topological polar surface area (TPSA) is 79.5 Å². The van der Waals surface area contributed by atoms with Crippen LogP contribution in [-0.2, 0) is 29.5 Å². The minimum atomic E-state index is -5.57. The highest BCUT2D eigenvalue weighted by Crippen LogP contribution is 2.44. The Morgan fingerprint density at radius 1 is 1.08 bits per heavy atom. The average molecular weight is 537 g/mol. The third-order valence-corrected chi connectivity index (χ3v) is 9.20. The van der Waals surface area contributed by atoms with Crippen LogP contribution in [0.4, 0.5) is 24.5 Å². The number of nitrogens with zero attached hydrogens (tertiary/aromatic N) is 3. The van der Waals surface area contributed by atoms with Crippen LogP contribution in [0.3, 0.4) is 0 Å². The molecular formula is C25H27F3N4O2S2. The number of alkyl halides is 3. The van der Waals surface area contributed by atoms with Crippen LogP contribution in [-0.4, -0.2) is 40.9 Å². The van der Waals surface area contributed by atoms with Crippen LogP contribution in [0.1, 0.15) is 23.2 Å². The van der Waals surface area contributed by atoms with Crippen LogP contribution in [0.15, 0.2) is 72.9 Å². The number of aromatic nitrogens is 1. The Hall–Kier alpha value is -2.76. The first-order valence-electron chi connectivity index (χ1n) is 11.3. The van der Waals surface area contributed by atoms with Crippen LogP contribution in [0, 0.1) is 0 Å². The van der Waals surface area contributed by atoms with Crippen molar-refractivity contribution in [1.82, 2.24) is 9.29 Å². The quantitative estimate of drug-likeness (QED) is 0.457.